The van der Waals surface area contributed by atoms with Crippen LogP contribution in [-0.4, -0.2) is 48.3 Å². The van der Waals surface area contributed by atoms with Gasteiger partial charge in [0.25, 0.3) is 0 Å². The first-order chi connectivity index (χ1) is 12.7. The van der Waals surface area contributed by atoms with E-state index in [-0.39, 0.29) is 17.5 Å². The lowest BCUT2D eigenvalue weighted by atomic mass is 9.97. The lowest BCUT2D eigenvalue weighted by Gasteiger charge is -2.23. The van der Waals surface area contributed by atoms with Crippen molar-refractivity contribution in [3.63, 3.8) is 0 Å². The summed E-state index contributed by atoms with van der Waals surface area (Å²) in [5, 5.41) is 3.19. The van der Waals surface area contributed by atoms with Crippen LogP contribution >= 0.6 is 0 Å². The van der Waals surface area contributed by atoms with E-state index >= 15 is 0 Å². The lowest BCUT2D eigenvalue weighted by Crippen LogP contribution is -2.33. The number of aromatic nitrogens is 1. The summed E-state index contributed by atoms with van der Waals surface area (Å²) in [5.74, 6) is 0.869. The molecule has 2 aliphatic heterocycles. The van der Waals surface area contributed by atoms with E-state index < -0.39 is 0 Å². The molecule has 0 bridgehead atoms. The summed E-state index contributed by atoms with van der Waals surface area (Å²) in [6, 6.07) is 11.3. The van der Waals surface area contributed by atoms with Gasteiger partial charge in [0.15, 0.2) is 11.6 Å². The number of nitrogens with one attached hydrogen (secondary N) is 1. The van der Waals surface area contributed by atoms with Gasteiger partial charge in [0.1, 0.15) is 5.75 Å². The molecule has 0 amide bonds. The van der Waals surface area contributed by atoms with Crippen LogP contribution in [0.15, 0.2) is 42.6 Å². The molecule has 3 heterocycles. The molecule has 2 atom stereocenters. The fourth-order valence-corrected chi connectivity index (χ4v) is 3.96. The molecule has 1 spiro atoms. The second-order valence-electron chi connectivity index (χ2n) is 7.18. The molecular weight excluding hydrogens is 333 g/mol. The monoisotopic (exact) mass is 357 g/mol. The van der Waals surface area contributed by atoms with Crippen molar-refractivity contribution in [3.05, 3.63) is 54.0 Å². The third-order valence-corrected chi connectivity index (χ3v) is 5.27. The van der Waals surface area contributed by atoms with Crippen LogP contribution in [0.1, 0.15) is 18.4 Å². The van der Waals surface area contributed by atoms with Gasteiger partial charge in [-0.05, 0) is 36.2 Å². The summed E-state index contributed by atoms with van der Waals surface area (Å²) in [6.07, 6.45) is 3.48. The molecule has 0 saturated carbocycles. The van der Waals surface area contributed by atoms with E-state index in [0.717, 1.165) is 38.2 Å². The Balaban J connectivity index is 1.33. The van der Waals surface area contributed by atoms with Crippen molar-refractivity contribution in [2.75, 3.05) is 32.1 Å². The Morgan fingerprint density at radius 3 is 2.96 bits per heavy atom. The van der Waals surface area contributed by atoms with Gasteiger partial charge in [-0.2, -0.15) is 0 Å². The van der Waals surface area contributed by atoms with Crippen molar-refractivity contribution in [2.24, 2.45) is 0 Å². The summed E-state index contributed by atoms with van der Waals surface area (Å²) in [5.41, 5.74) is 1.14. The van der Waals surface area contributed by atoms with E-state index in [1.165, 1.54) is 11.6 Å². The summed E-state index contributed by atoms with van der Waals surface area (Å²) in [6.45, 7) is 3.41. The fraction of sp³-hybridized carbons (Fsp3) is 0.450. The number of anilines is 1. The molecule has 1 aromatic carbocycles. The van der Waals surface area contributed by atoms with Crippen LogP contribution in [0, 0.1) is 5.82 Å². The van der Waals surface area contributed by atoms with Crippen molar-refractivity contribution < 1.29 is 13.9 Å². The Morgan fingerprint density at radius 2 is 2.19 bits per heavy atom. The zero-order valence-electron chi connectivity index (χ0n) is 15.0. The van der Waals surface area contributed by atoms with Gasteiger partial charge in [0, 0.05) is 32.3 Å². The van der Waals surface area contributed by atoms with Gasteiger partial charge >= 0.3 is 0 Å². The van der Waals surface area contributed by atoms with Gasteiger partial charge in [-0.25, -0.2) is 9.37 Å². The average molecular weight is 357 g/mol. The van der Waals surface area contributed by atoms with Crippen LogP contribution in [0.2, 0.25) is 0 Å². The highest BCUT2D eigenvalue weighted by Crippen LogP contribution is 2.36. The molecule has 6 heteroatoms. The molecular formula is C20H24FN3O2. The second-order valence-corrected chi connectivity index (χ2v) is 7.18. The van der Waals surface area contributed by atoms with Crippen molar-refractivity contribution in [2.45, 2.75) is 31.0 Å². The van der Waals surface area contributed by atoms with Crippen LogP contribution in [0.25, 0.3) is 0 Å². The summed E-state index contributed by atoms with van der Waals surface area (Å²) < 4.78 is 25.2. The Morgan fingerprint density at radius 1 is 1.35 bits per heavy atom. The lowest BCUT2D eigenvalue weighted by molar-refractivity contribution is 0.0120. The van der Waals surface area contributed by atoms with Gasteiger partial charge < -0.3 is 14.8 Å². The largest absolute Gasteiger partial charge is 0.497 e. The molecule has 26 heavy (non-hydrogen) atoms. The van der Waals surface area contributed by atoms with Crippen molar-refractivity contribution in [1.82, 2.24) is 9.88 Å². The molecule has 5 nitrogen and oxygen atoms in total. The van der Waals surface area contributed by atoms with Gasteiger partial charge in [0.05, 0.1) is 25.4 Å². The zero-order valence-corrected chi connectivity index (χ0v) is 15.0. The van der Waals surface area contributed by atoms with E-state index in [9.17, 15) is 4.39 Å². The minimum Gasteiger partial charge on any atom is -0.497 e. The molecule has 2 aliphatic rings. The Bertz CT molecular complexity index is 755. The first-order valence-electron chi connectivity index (χ1n) is 9.02. The smallest absolute Gasteiger partial charge is 0.165 e. The van der Waals surface area contributed by atoms with E-state index in [1.807, 2.05) is 12.1 Å². The number of methoxy groups -OCH3 is 1. The molecule has 138 valence electrons. The van der Waals surface area contributed by atoms with Gasteiger partial charge in [-0.3, -0.25) is 4.90 Å². The topological polar surface area (TPSA) is 46.6 Å². The summed E-state index contributed by atoms with van der Waals surface area (Å²) in [4.78, 5) is 6.50. The van der Waals surface area contributed by atoms with Gasteiger partial charge in [-0.15, -0.1) is 0 Å². The van der Waals surface area contributed by atoms with Crippen molar-refractivity contribution >= 4 is 5.82 Å². The molecule has 1 aromatic heterocycles. The number of benzene rings is 1. The molecule has 2 fully saturated rings. The normalized spacial score (nSPS) is 25.7. The minimum atomic E-state index is -0.319. The van der Waals surface area contributed by atoms with Gasteiger partial charge in [-0.1, -0.05) is 12.1 Å². The first kappa shape index (κ1) is 17.2. The highest BCUT2D eigenvalue weighted by Gasteiger charge is 2.45. The predicted octanol–water partition coefficient (Wildman–Crippen LogP) is 3.07. The van der Waals surface area contributed by atoms with Gasteiger partial charge in [0.2, 0.25) is 0 Å². The van der Waals surface area contributed by atoms with E-state index in [4.69, 9.17) is 9.47 Å². The molecule has 1 N–H and O–H groups in total. The molecule has 0 unspecified atom stereocenters. The van der Waals surface area contributed by atoms with Crippen LogP contribution in [0.3, 0.4) is 0 Å². The van der Waals surface area contributed by atoms with E-state index in [2.05, 4.69) is 27.3 Å². The number of rotatable bonds is 5. The minimum absolute atomic E-state index is 0.0975. The molecule has 0 radical (unpaired) electrons. The van der Waals surface area contributed by atoms with E-state index in [0.29, 0.717) is 12.4 Å². The maximum absolute atomic E-state index is 13.8. The predicted molar refractivity (Wildman–Crippen MR) is 97.8 cm³/mol. The fourth-order valence-electron chi connectivity index (χ4n) is 3.96. The third-order valence-electron chi connectivity index (χ3n) is 5.27. The van der Waals surface area contributed by atoms with E-state index in [1.54, 1.807) is 19.4 Å². The van der Waals surface area contributed by atoms with Crippen LogP contribution in [0.5, 0.6) is 5.75 Å². The summed E-state index contributed by atoms with van der Waals surface area (Å²) in [7, 11) is 1.68. The van der Waals surface area contributed by atoms with Crippen LogP contribution in [-0.2, 0) is 11.3 Å². The third kappa shape index (κ3) is 3.66. The van der Waals surface area contributed by atoms with Crippen LogP contribution < -0.4 is 10.1 Å². The molecule has 2 aromatic rings. The standard InChI is InChI=1S/C20H24FN3O2/c1-25-17-6-4-15(5-7-17)12-24-10-8-20(14-24)11-16(13-26-20)23-19-18(21)3-2-9-22-19/h2-7,9,16H,8,10-14H2,1H3,(H,22,23)/t16-,20+/m1/s1. The average Bonchev–Trinajstić information content (AvgIpc) is 3.24. The number of halogens is 1. The number of hydrogen-bond donors (Lipinski definition) is 1. The van der Waals surface area contributed by atoms with Crippen LogP contribution in [0.4, 0.5) is 10.2 Å². The van der Waals surface area contributed by atoms with Crippen molar-refractivity contribution in [1.29, 1.82) is 0 Å². The summed E-state index contributed by atoms with van der Waals surface area (Å²) >= 11 is 0. The molecule has 0 aliphatic carbocycles. The highest BCUT2D eigenvalue weighted by molar-refractivity contribution is 5.37. The number of pyridine rings is 1. The Hall–Kier alpha value is -2.18. The zero-order chi connectivity index (χ0) is 18.0. The first-order valence-corrected chi connectivity index (χ1v) is 9.02. The number of likely N-dealkylation sites (tertiary alicyclic amines) is 1. The Labute approximate surface area is 153 Å². The van der Waals surface area contributed by atoms with Crippen molar-refractivity contribution in [3.8, 4) is 5.75 Å². The number of ether oxygens (including phenoxy) is 2. The molecule has 2 saturated heterocycles. The quantitative estimate of drug-likeness (QED) is 0.891. The highest BCUT2D eigenvalue weighted by atomic mass is 19.1. The number of hydrogen-bond acceptors (Lipinski definition) is 5. The Kier molecular flexibility index (Phi) is 4.78. The second kappa shape index (κ2) is 7.21. The SMILES string of the molecule is COc1ccc(CN2CC[C@]3(C[C@@H](Nc4ncccc4F)CO3)C2)cc1. The number of nitrogens with zero attached hydrogens (tertiary/aromatic N) is 2. The maximum atomic E-state index is 13.8. The molecule has 4 rings (SSSR count). The maximum Gasteiger partial charge on any atom is 0.165 e.